The highest BCUT2D eigenvalue weighted by Gasteiger charge is 2.57. The third kappa shape index (κ3) is 4.02. The highest BCUT2D eigenvalue weighted by Crippen LogP contribution is 2.46. The second kappa shape index (κ2) is 7.03. The first-order valence-corrected chi connectivity index (χ1v) is 8.79. The van der Waals surface area contributed by atoms with Crippen LogP contribution in [0.3, 0.4) is 0 Å². The van der Waals surface area contributed by atoms with Crippen molar-refractivity contribution in [1.29, 1.82) is 0 Å². The molecule has 0 unspecified atom stereocenters. The van der Waals surface area contributed by atoms with E-state index in [1.54, 1.807) is 0 Å². The first-order chi connectivity index (χ1) is 12.6. The van der Waals surface area contributed by atoms with Crippen LogP contribution in [0.5, 0.6) is 0 Å². The number of nitrogens with zero attached hydrogens (tertiary/aromatic N) is 2. The van der Waals surface area contributed by atoms with E-state index in [-0.39, 0.29) is 19.4 Å². The molecule has 9 heteroatoms. The third-order valence-electron chi connectivity index (χ3n) is 5.28. The molecule has 1 saturated heterocycles. The van der Waals surface area contributed by atoms with Gasteiger partial charge in [-0.05, 0) is 43.7 Å². The molecule has 3 rings (SSSR count). The monoisotopic (exact) mass is 385 g/mol. The minimum atomic E-state index is -4.49. The molecule has 0 radical (unpaired) electrons. The van der Waals surface area contributed by atoms with Gasteiger partial charge in [0, 0.05) is 38.4 Å². The smallest absolute Gasteiger partial charge is 0.416 e. The number of halogens is 3. The molecule has 1 aliphatic carbocycles. The summed E-state index contributed by atoms with van der Waals surface area (Å²) in [5.41, 5.74) is -1.24. The van der Waals surface area contributed by atoms with Crippen LogP contribution in [0.4, 0.5) is 18.9 Å². The van der Waals surface area contributed by atoms with Crippen molar-refractivity contribution in [2.45, 2.75) is 25.6 Å². The maximum Gasteiger partial charge on any atom is 0.416 e. The van der Waals surface area contributed by atoms with Gasteiger partial charge in [-0.1, -0.05) is 0 Å². The predicted molar refractivity (Wildman–Crippen MR) is 92.3 cm³/mol. The average Bonchev–Trinajstić information content (AvgIpc) is 3.41. The van der Waals surface area contributed by atoms with E-state index in [1.165, 1.54) is 6.07 Å². The molecule has 2 fully saturated rings. The quantitative estimate of drug-likeness (QED) is 0.758. The summed E-state index contributed by atoms with van der Waals surface area (Å²) < 4.78 is 39.3. The number of carboxylic acid groups (broad SMARTS) is 1. The molecular weight excluding hydrogens is 363 g/mol. The summed E-state index contributed by atoms with van der Waals surface area (Å²) in [7, 11) is 1.98. The highest BCUT2D eigenvalue weighted by atomic mass is 19.4. The number of hydrogen-bond acceptors (Lipinski definition) is 4. The molecule has 1 saturated carbocycles. The molecule has 2 aliphatic rings. The lowest BCUT2D eigenvalue weighted by Gasteiger charge is -2.35. The van der Waals surface area contributed by atoms with Crippen LogP contribution in [0.1, 0.15) is 24.0 Å². The van der Waals surface area contributed by atoms with E-state index >= 15 is 0 Å². The van der Waals surface area contributed by atoms with Crippen molar-refractivity contribution in [1.82, 2.24) is 10.2 Å². The number of likely N-dealkylation sites (N-methyl/N-ethyl adjacent to an activating group) is 1. The summed E-state index contributed by atoms with van der Waals surface area (Å²) in [5.74, 6) is -1.83. The largest absolute Gasteiger partial charge is 0.480 e. The lowest BCUT2D eigenvalue weighted by molar-refractivity contribution is -0.149. The van der Waals surface area contributed by atoms with Gasteiger partial charge in [0.2, 0.25) is 5.91 Å². The summed E-state index contributed by atoms with van der Waals surface area (Å²) in [4.78, 5) is 27.6. The molecule has 6 nitrogen and oxygen atoms in total. The van der Waals surface area contributed by atoms with Gasteiger partial charge in [0.1, 0.15) is 5.41 Å². The molecule has 27 heavy (non-hydrogen) atoms. The standard InChI is InChI=1S/C18H22F3N3O3/c1-23-6-8-24(9-7-23)14-3-2-13(18(19,20)21)10-12(14)11-22-15(25)17(4-5-17)16(26)27/h2-3,10H,4-9,11H2,1H3,(H,22,25)(H,26,27). The summed E-state index contributed by atoms with van der Waals surface area (Å²) >= 11 is 0. The second-order valence-corrected chi connectivity index (χ2v) is 7.20. The van der Waals surface area contributed by atoms with Crippen LogP contribution in [-0.4, -0.2) is 55.1 Å². The van der Waals surface area contributed by atoms with Gasteiger partial charge in [-0.25, -0.2) is 0 Å². The molecule has 0 bridgehead atoms. The Morgan fingerprint density at radius 2 is 1.81 bits per heavy atom. The molecule has 1 aromatic rings. The van der Waals surface area contributed by atoms with Gasteiger partial charge in [0.05, 0.1) is 5.56 Å². The number of hydrogen-bond donors (Lipinski definition) is 2. The molecule has 148 valence electrons. The molecule has 0 aromatic heterocycles. The summed E-state index contributed by atoms with van der Waals surface area (Å²) in [5, 5.41) is 11.7. The lowest BCUT2D eigenvalue weighted by atomic mass is 10.0. The van der Waals surface area contributed by atoms with Crippen molar-refractivity contribution in [3.63, 3.8) is 0 Å². The molecule has 0 spiro atoms. The SMILES string of the molecule is CN1CCN(c2ccc(C(F)(F)F)cc2CNC(=O)C2(C(=O)O)CC2)CC1. The number of anilines is 1. The second-order valence-electron chi connectivity index (χ2n) is 7.20. The van der Waals surface area contributed by atoms with Gasteiger partial charge in [-0.15, -0.1) is 0 Å². The number of aliphatic carboxylic acids is 1. The summed E-state index contributed by atoms with van der Waals surface area (Å²) in [6.45, 7) is 2.77. The number of carboxylic acids is 1. The van der Waals surface area contributed by atoms with Gasteiger partial charge in [0.15, 0.2) is 0 Å². The van der Waals surface area contributed by atoms with Crippen LogP contribution in [0, 0.1) is 5.41 Å². The highest BCUT2D eigenvalue weighted by molar-refractivity contribution is 6.04. The normalized spacial score (nSPS) is 19.6. The van der Waals surface area contributed by atoms with Crippen molar-refractivity contribution < 1.29 is 27.9 Å². The van der Waals surface area contributed by atoms with E-state index in [0.29, 0.717) is 24.3 Å². The Morgan fingerprint density at radius 3 is 2.33 bits per heavy atom. The molecule has 0 atom stereocenters. The minimum Gasteiger partial charge on any atom is -0.480 e. The van der Waals surface area contributed by atoms with Crippen LogP contribution >= 0.6 is 0 Å². The topological polar surface area (TPSA) is 72.9 Å². The molecule has 1 heterocycles. The van der Waals surface area contributed by atoms with Crippen LogP contribution in [0.2, 0.25) is 0 Å². The van der Waals surface area contributed by atoms with Crippen molar-refractivity contribution in [2.24, 2.45) is 5.41 Å². The van der Waals surface area contributed by atoms with Crippen molar-refractivity contribution in [3.05, 3.63) is 29.3 Å². The van der Waals surface area contributed by atoms with Gasteiger partial charge < -0.3 is 20.2 Å². The summed E-state index contributed by atoms with van der Waals surface area (Å²) in [6, 6.07) is 3.51. The minimum absolute atomic E-state index is 0.139. The van der Waals surface area contributed by atoms with Crippen molar-refractivity contribution in [2.75, 3.05) is 38.1 Å². The predicted octanol–water partition coefficient (Wildman–Crippen LogP) is 1.94. The Morgan fingerprint density at radius 1 is 1.19 bits per heavy atom. The van der Waals surface area contributed by atoms with Crippen LogP contribution in [0.15, 0.2) is 18.2 Å². The number of amides is 1. The molecular formula is C18H22F3N3O3. The van der Waals surface area contributed by atoms with E-state index < -0.39 is 29.0 Å². The molecule has 1 aromatic carbocycles. The Labute approximate surface area is 154 Å². The number of carbonyl (C=O) groups is 2. The van der Waals surface area contributed by atoms with E-state index in [1.807, 2.05) is 11.9 Å². The average molecular weight is 385 g/mol. The number of benzene rings is 1. The zero-order chi connectivity index (χ0) is 19.8. The van der Waals surface area contributed by atoms with E-state index in [2.05, 4.69) is 10.2 Å². The number of piperazine rings is 1. The number of carbonyl (C=O) groups excluding carboxylic acids is 1. The first-order valence-electron chi connectivity index (χ1n) is 8.79. The fourth-order valence-corrected chi connectivity index (χ4v) is 3.27. The van der Waals surface area contributed by atoms with Gasteiger partial charge in [-0.3, -0.25) is 9.59 Å². The number of nitrogens with one attached hydrogen (secondary N) is 1. The van der Waals surface area contributed by atoms with Crippen LogP contribution in [-0.2, 0) is 22.3 Å². The molecule has 1 aliphatic heterocycles. The fourth-order valence-electron chi connectivity index (χ4n) is 3.27. The maximum atomic E-state index is 13.1. The van der Waals surface area contributed by atoms with E-state index in [9.17, 15) is 27.9 Å². The van der Waals surface area contributed by atoms with Crippen LogP contribution < -0.4 is 10.2 Å². The van der Waals surface area contributed by atoms with Gasteiger partial charge in [-0.2, -0.15) is 13.2 Å². The molecule has 1 amide bonds. The zero-order valence-electron chi connectivity index (χ0n) is 15.0. The van der Waals surface area contributed by atoms with Crippen molar-refractivity contribution in [3.8, 4) is 0 Å². The Balaban J connectivity index is 1.82. The fraction of sp³-hybridized carbons (Fsp3) is 0.556. The first kappa shape index (κ1) is 19.5. The van der Waals surface area contributed by atoms with Crippen molar-refractivity contribution >= 4 is 17.6 Å². The van der Waals surface area contributed by atoms with Gasteiger partial charge in [0.25, 0.3) is 0 Å². The zero-order valence-corrected chi connectivity index (χ0v) is 15.0. The summed E-state index contributed by atoms with van der Waals surface area (Å²) in [6.07, 6.45) is -3.98. The van der Waals surface area contributed by atoms with E-state index in [4.69, 9.17) is 0 Å². The van der Waals surface area contributed by atoms with E-state index in [0.717, 1.165) is 25.2 Å². The van der Waals surface area contributed by atoms with Gasteiger partial charge >= 0.3 is 12.1 Å². The Bertz CT molecular complexity index is 739. The molecule has 2 N–H and O–H groups in total. The lowest BCUT2D eigenvalue weighted by Crippen LogP contribution is -2.45. The number of alkyl halides is 3. The van der Waals surface area contributed by atoms with Crippen LogP contribution in [0.25, 0.3) is 0 Å². The maximum absolute atomic E-state index is 13.1. The third-order valence-corrected chi connectivity index (χ3v) is 5.28. The Kier molecular flexibility index (Phi) is 5.07. The Hall–Kier alpha value is -2.29. The number of rotatable bonds is 5.